The molecule has 0 radical (unpaired) electrons. The summed E-state index contributed by atoms with van der Waals surface area (Å²) in [7, 11) is 0. The van der Waals surface area contributed by atoms with Gasteiger partial charge < -0.3 is 5.11 Å². The van der Waals surface area contributed by atoms with E-state index in [2.05, 4.69) is 15.0 Å². The minimum Gasteiger partial charge on any atom is -0.477 e. The molecule has 15 heavy (non-hydrogen) atoms. The van der Waals surface area contributed by atoms with Crippen molar-refractivity contribution in [3.63, 3.8) is 0 Å². The Morgan fingerprint density at radius 3 is 2.87 bits per heavy atom. The van der Waals surface area contributed by atoms with Gasteiger partial charge in [-0.2, -0.15) is 4.98 Å². The number of carbonyl (C=O) groups is 1. The van der Waals surface area contributed by atoms with Crippen LogP contribution in [0.1, 0.15) is 10.5 Å². The number of carboxylic acid groups (broad SMARTS) is 1. The van der Waals surface area contributed by atoms with Crippen LogP contribution in [0.15, 0.2) is 24.8 Å². The minimum atomic E-state index is -1.15. The predicted molar refractivity (Wildman–Crippen MR) is 51.1 cm³/mol. The first-order valence-corrected chi connectivity index (χ1v) is 4.31. The second-order valence-electron chi connectivity index (χ2n) is 2.66. The van der Waals surface area contributed by atoms with Crippen LogP contribution in [0.25, 0.3) is 5.82 Å². The Morgan fingerprint density at radius 1 is 1.47 bits per heavy atom. The van der Waals surface area contributed by atoms with E-state index < -0.39 is 5.97 Å². The number of imidazole rings is 1. The fourth-order valence-electron chi connectivity index (χ4n) is 1.04. The molecule has 0 bridgehead atoms. The predicted octanol–water partition coefficient (Wildman–Crippen LogP) is 1.01. The molecule has 2 aromatic rings. The maximum absolute atomic E-state index is 10.7. The van der Waals surface area contributed by atoms with Crippen LogP contribution in [0.2, 0.25) is 5.28 Å². The molecule has 0 aliphatic rings. The quantitative estimate of drug-likeness (QED) is 0.770. The van der Waals surface area contributed by atoms with Crippen LogP contribution in [-0.4, -0.2) is 30.6 Å². The minimum absolute atomic E-state index is 0.112. The topological polar surface area (TPSA) is 80.9 Å². The lowest BCUT2D eigenvalue weighted by molar-refractivity contribution is 0.0690. The van der Waals surface area contributed by atoms with Gasteiger partial charge >= 0.3 is 5.97 Å². The second-order valence-corrected chi connectivity index (χ2v) is 2.99. The molecule has 0 saturated heterocycles. The van der Waals surface area contributed by atoms with Crippen molar-refractivity contribution in [3.8, 4) is 5.82 Å². The van der Waals surface area contributed by atoms with Crippen molar-refractivity contribution in [1.82, 2.24) is 19.5 Å². The smallest absolute Gasteiger partial charge is 0.354 e. The summed E-state index contributed by atoms with van der Waals surface area (Å²) in [6.07, 6.45) is 4.67. The maximum atomic E-state index is 10.7. The number of aromatic carboxylic acids is 1. The first-order valence-electron chi connectivity index (χ1n) is 3.93. The van der Waals surface area contributed by atoms with Gasteiger partial charge in [-0.1, -0.05) is 0 Å². The number of hydrogen-bond donors (Lipinski definition) is 1. The van der Waals surface area contributed by atoms with E-state index in [1.165, 1.54) is 12.4 Å². The zero-order chi connectivity index (χ0) is 10.8. The molecule has 0 aliphatic heterocycles. The zero-order valence-corrected chi connectivity index (χ0v) is 8.09. The van der Waals surface area contributed by atoms with Gasteiger partial charge in [0.25, 0.3) is 0 Å². The average molecular weight is 225 g/mol. The van der Waals surface area contributed by atoms with Gasteiger partial charge in [0.05, 0.1) is 0 Å². The lowest BCUT2D eigenvalue weighted by Gasteiger charge is -2.02. The molecule has 2 heterocycles. The first kappa shape index (κ1) is 9.60. The highest BCUT2D eigenvalue weighted by atomic mass is 35.5. The van der Waals surface area contributed by atoms with E-state index in [9.17, 15) is 4.79 Å². The van der Waals surface area contributed by atoms with E-state index in [1.807, 2.05) is 0 Å². The van der Waals surface area contributed by atoms with Crippen LogP contribution in [0.5, 0.6) is 0 Å². The summed E-state index contributed by atoms with van der Waals surface area (Å²) < 4.78 is 1.54. The lowest BCUT2D eigenvalue weighted by Crippen LogP contribution is -2.05. The average Bonchev–Trinajstić information content (AvgIpc) is 2.69. The Hall–Kier alpha value is -1.95. The van der Waals surface area contributed by atoms with E-state index >= 15 is 0 Å². The molecule has 1 N–H and O–H groups in total. The van der Waals surface area contributed by atoms with E-state index in [1.54, 1.807) is 17.0 Å². The SMILES string of the molecule is O=C(O)c1cc(-n2ccnc2)nc(Cl)n1. The number of halogens is 1. The fourth-order valence-corrected chi connectivity index (χ4v) is 1.22. The van der Waals surface area contributed by atoms with Crippen molar-refractivity contribution in [2.45, 2.75) is 0 Å². The molecule has 2 aromatic heterocycles. The van der Waals surface area contributed by atoms with E-state index in [-0.39, 0.29) is 11.0 Å². The fraction of sp³-hybridized carbons (Fsp3) is 0. The number of aromatic nitrogens is 4. The van der Waals surface area contributed by atoms with Gasteiger partial charge in [-0.05, 0) is 11.6 Å². The lowest BCUT2D eigenvalue weighted by atomic mass is 10.4. The van der Waals surface area contributed by atoms with E-state index in [4.69, 9.17) is 16.7 Å². The monoisotopic (exact) mass is 224 g/mol. The highest BCUT2D eigenvalue weighted by Gasteiger charge is 2.09. The van der Waals surface area contributed by atoms with Crippen LogP contribution in [-0.2, 0) is 0 Å². The summed E-state index contributed by atoms with van der Waals surface area (Å²) in [5.41, 5.74) is -0.154. The van der Waals surface area contributed by atoms with Crippen molar-refractivity contribution in [2.75, 3.05) is 0 Å². The van der Waals surface area contributed by atoms with Gasteiger partial charge in [0.15, 0.2) is 5.69 Å². The molecule has 0 aliphatic carbocycles. The summed E-state index contributed by atoms with van der Waals surface area (Å²) >= 11 is 5.59. The van der Waals surface area contributed by atoms with Crippen molar-refractivity contribution >= 4 is 17.6 Å². The molecule has 0 spiro atoms. The Kier molecular flexibility index (Phi) is 2.34. The summed E-state index contributed by atoms with van der Waals surface area (Å²) in [6, 6.07) is 1.32. The van der Waals surface area contributed by atoms with Crippen molar-refractivity contribution in [2.24, 2.45) is 0 Å². The molecule has 0 saturated carbocycles. The highest BCUT2D eigenvalue weighted by molar-refractivity contribution is 6.28. The largest absolute Gasteiger partial charge is 0.477 e. The van der Waals surface area contributed by atoms with Crippen molar-refractivity contribution in [3.05, 3.63) is 35.8 Å². The van der Waals surface area contributed by atoms with Gasteiger partial charge in [-0.15, -0.1) is 0 Å². The molecular formula is C8H5ClN4O2. The molecule has 0 amide bonds. The maximum Gasteiger partial charge on any atom is 0.354 e. The van der Waals surface area contributed by atoms with Crippen LogP contribution in [0.3, 0.4) is 0 Å². The molecule has 0 unspecified atom stereocenters. The molecule has 6 nitrogen and oxygen atoms in total. The Labute approximate surface area is 89.2 Å². The third kappa shape index (κ3) is 1.94. The third-order valence-corrected chi connectivity index (χ3v) is 1.84. The summed E-state index contributed by atoms with van der Waals surface area (Å²) in [4.78, 5) is 22.0. The van der Waals surface area contributed by atoms with Crippen LogP contribution < -0.4 is 0 Å². The van der Waals surface area contributed by atoms with Gasteiger partial charge in [-0.3, -0.25) is 4.57 Å². The normalized spacial score (nSPS) is 10.2. The van der Waals surface area contributed by atoms with E-state index in [0.717, 1.165) is 0 Å². The number of rotatable bonds is 2. The molecule has 7 heteroatoms. The summed E-state index contributed by atoms with van der Waals surface area (Å²) in [5, 5.41) is 8.65. The number of hydrogen-bond acceptors (Lipinski definition) is 4. The Bertz CT molecular complexity index is 497. The van der Waals surface area contributed by atoms with Crippen molar-refractivity contribution in [1.29, 1.82) is 0 Å². The molecule has 76 valence electrons. The summed E-state index contributed by atoms with van der Waals surface area (Å²) in [5.74, 6) is -0.787. The second kappa shape index (κ2) is 3.66. The van der Waals surface area contributed by atoms with Crippen LogP contribution in [0.4, 0.5) is 0 Å². The number of carboxylic acids is 1. The summed E-state index contributed by atoms with van der Waals surface area (Å²) in [6.45, 7) is 0. The molecule has 0 atom stereocenters. The Morgan fingerprint density at radius 2 is 2.27 bits per heavy atom. The molecule has 0 fully saturated rings. The first-order chi connectivity index (χ1) is 7.16. The van der Waals surface area contributed by atoms with E-state index in [0.29, 0.717) is 5.82 Å². The van der Waals surface area contributed by atoms with Gasteiger partial charge in [0, 0.05) is 18.5 Å². The molecular weight excluding hydrogens is 220 g/mol. The highest BCUT2D eigenvalue weighted by Crippen LogP contribution is 2.10. The van der Waals surface area contributed by atoms with Gasteiger partial charge in [-0.25, -0.2) is 14.8 Å². The van der Waals surface area contributed by atoms with Crippen LogP contribution >= 0.6 is 11.6 Å². The zero-order valence-electron chi connectivity index (χ0n) is 7.33. The third-order valence-electron chi connectivity index (χ3n) is 1.67. The van der Waals surface area contributed by atoms with Gasteiger partial charge in [0.2, 0.25) is 5.28 Å². The molecule has 2 rings (SSSR count). The van der Waals surface area contributed by atoms with Crippen molar-refractivity contribution < 1.29 is 9.90 Å². The molecule has 0 aromatic carbocycles. The Balaban J connectivity index is 2.54. The van der Waals surface area contributed by atoms with Crippen LogP contribution in [0, 0.1) is 0 Å². The number of nitrogens with zero attached hydrogens (tertiary/aromatic N) is 4. The standard InChI is InChI=1S/C8H5ClN4O2/c9-8-11-5(7(14)15)3-6(12-8)13-2-1-10-4-13/h1-4H,(H,14,15). The van der Waals surface area contributed by atoms with Gasteiger partial charge in [0.1, 0.15) is 12.1 Å².